The van der Waals surface area contributed by atoms with Gasteiger partial charge in [-0.05, 0) is 55.7 Å². The molecule has 2 aromatic rings. The van der Waals surface area contributed by atoms with Gasteiger partial charge in [0.15, 0.2) is 11.5 Å². The Morgan fingerprint density at radius 1 is 1.23 bits per heavy atom. The van der Waals surface area contributed by atoms with E-state index in [-0.39, 0.29) is 11.9 Å². The van der Waals surface area contributed by atoms with Gasteiger partial charge in [0.05, 0.1) is 13.2 Å². The molecule has 0 saturated heterocycles. The molecule has 138 valence electrons. The molecule has 1 aromatic carbocycles. The molecule has 1 amide bonds. The summed E-state index contributed by atoms with van der Waals surface area (Å²) in [6.07, 6.45) is 6.22. The van der Waals surface area contributed by atoms with Gasteiger partial charge < -0.3 is 14.8 Å². The van der Waals surface area contributed by atoms with Gasteiger partial charge in [-0.15, -0.1) is 0 Å². The van der Waals surface area contributed by atoms with Crippen LogP contribution in [0.25, 0.3) is 0 Å². The van der Waals surface area contributed by atoms with Crippen LogP contribution in [-0.2, 0) is 11.4 Å². The molecule has 1 atom stereocenters. The van der Waals surface area contributed by atoms with Gasteiger partial charge in [-0.25, -0.2) is 0 Å². The third kappa shape index (κ3) is 5.34. The monoisotopic (exact) mass is 354 g/mol. The predicted octanol–water partition coefficient (Wildman–Crippen LogP) is 4.20. The number of hydrogen-bond acceptors (Lipinski definition) is 4. The van der Waals surface area contributed by atoms with E-state index in [4.69, 9.17) is 9.47 Å². The summed E-state index contributed by atoms with van der Waals surface area (Å²) in [5.74, 6) is 1.24. The van der Waals surface area contributed by atoms with Crippen LogP contribution in [0, 0.1) is 0 Å². The number of amides is 1. The number of methoxy groups -OCH3 is 1. The highest BCUT2D eigenvalue weighted by Crippen LogP contribution is 2.31. The molecule has 5 heteroatoms. The summed E-state index contributed by atoms with van der Waals surface area (Å²) in [5, 5.41) is 3.00. The first kappa shape index (κ1) is 19.5. The van der Waals surface area contributed by atoms with Crippen LogP contribution in [0.5, 0.6) is 11.5 Å². The third-order valence-electron chi connectivity index (χ3n) is 4.05. The standard InChI is InChI=1S/C21H26N2O3/c1-5-6-15(2)21(24)23-16(3)18-7-8-19(20(13-18)25-4)26-14-17-9-11-22-12-10-17/h6-13,16H,5,14H2,1-4H3,(H,23,24)/b15-6+/t16-/m1/s1. The van der Waals surface area contributed by atoms with E-state index in [1.165, 1.54) is 0 Å². The Morgan fingerprint density at radius 2 is 1.96 bits per heavy atom. The molecule has 0 aliphatic carbocycles. The van der Waals surface area contributed by atoms with E-state index < -0.39 is 0 Å². The van der Waals surface area contributed by atoms with Crippen molar-refractivity contribution in [2.75, 3.05) is 7.11 Å². The zero-order valence-corrected chi connectivity index (χ0v) is 15.8. The van der Waals surface area contributed by atoms with Gasteiger partial charge in [0.1, 0.15) is 6.61 Å². The predicted molar refractivity (Wildman–Crippen MR) is 102 cm³/mol. The second kappa shape index (κ2) is 9.61. The second-order valence-electron chi connectivity index (χ2n) is 6.04. The van der Waals surface area contributed by atoms with E-state index in [0.29, 0.717) is 18.1 Å². The Labute approximate surface area is 155 Å². The van der Waals surface area contributed by atoms with Crippen molar-refractivity contribution in [3.05, 3.63) is 65.5 Å². The lowest BCUT2D eigenvalue weighted by molar-refractivity contribution is -0.118. The largest absolute Gasteiger partial charge is 0.493 e. The third-order valence-corrected chi connectivity index (χ3v) is 4.05. The normalized spacial score (nSPS) is 12.4. The number of aromatic nitrogens is 1. The van der Waals surface area contributed by atoms with Gasteiger partial charge in [-0.1, -0.05) is 19.1 Å². The fourth-order valence-corrected chi connectivity index (χ4v) is 2.51. The summed E-state index contributed by atoms with van der Waals surface area (Å²) in [6.45, 7) is 6.22. The molecule has 0 aliphatic heterocycles. The van der Waals surface area contributed by atoms with Gasteiger partial charge in [0, 0.05) is 18.0 Å². The Kier molecular flexibility index (Phi) is 7.21. The maximum atomic E-state index is 12.2. The molecule has 5 nitrogen and oxygen atoms in total. The van der Waals surface area contributed by atoms with E-state index in [1.54, 1.807) is 19.5 Å². The fourth-order valence-electron chi connectivity index (χ4n) is 2.51. The molecule has 1 heterocycles. The minimum Gasteiger partial charge on any atom is -0.493 e. The molecule has 0 aliphatic rings. The summed E-state index contributed by atoms with van der Waals surface area (Å²) in [7, 11) is 1.61. The minimum atomic E-state index is -0.133. The number of allylic oxidation sites excluding steroid dienone is 1. The number of carbonyl (C=O) groups is 1. The first-order valence-electron chi connectivity index (χ1n) is 8.72. The quantitative estimate of drug-likeness (QED) is 0.722. The first-order valence-corrected chi connectivity index (χ1v) is 8.72. The zero-order chi connectivity index (χ0) is 18.9. The average molecular weight is 354 g/mol. The van der Waals surface area contributed by atoms with Crippen LogP contribution >= 0.6 is 0 Å². The van der Waals surface area contributed by atoms with Crippen LogP contribution in [0.4, 0.5) is 0 Å². The molecule has 0 spiro atoms. The van der Waals surface area contributed by atoms with E-state index in [0.717, 1.165) is 23.1 Å². The number of pyridine rings is 1. The van der Waals surface area contributed by atoms with Crippen LogP contribution in [0.1, 0.15) is 44.4 Å². The van der Waals surface area contributed by atoms with Crippen LogP contribution in [-0.4, -0.2) is 18.0 Å². The van der Waals surface area contributed by atoms with Gasteiger partial charge in [-0.2, -0.15) is 0 Å². The van der Waals surface area contributed by atoms with Crippen LogP contribution in [0.2, 0.25) is 0 Å². The molecule has 1 N–H and O–H groups in total. The molecule has 1 aromatic heterocycles. The Hall–Kier alpha value is -2.82. The molecule has 0 saturated carbocycles. The highest BCUT2D eigenvalue weighted by atomic mass is 16.5. The number of nitrogens with one attached hydrogen (secondary N) is 1. The van der Waals surface area contributed by atoms with Crippen LogP contribution in [0.15, 0.2) is 54.4 Å². The smallest absolute Gasteiger partial charge is 0.247 e. The van der Waals surface area contributed by atoms with Crippen LogP contribution in [0.3, 0.4) is 0 Å². The molecule has 0 fully saturated rings. The highest BCUT2D eigenvalue weighted by Gasteiger charge is 2.14. The lowest BCUT2D eigenvalue weighted by atomic mass is 10.1. The number of carbonyl (C=O) groups excluding carboxylic acids is 1. The molecule has 0 radical (unpaired) electrons. The summed E-state index contributed by atoms with van der Waals surface area (Å²) in [6, 6.07) is 9.38. The average Bonchev–Trinajstić information content (AvgIpc) is 2.67. The summed E-state index contributed by atoms with van der Waals surface area (Å²) >= 11 is 0. The maximum Gasteiger partial charge on any atom is 0.247 e. The van der Waals surface area contributed by atoms with E-state index >= 15 is 0 Å². The topological polar surface area (TPSA) is 60.5 Å². The molecule has 26 heavy (non-hydrogen) atoms. The Morgan fingerprint density at radius 3 is 2.62 bits per heavy atom. The number of ether oxygens (including phenoxy) is 2. The van der Waals surface area contributed by atoms with Gasteiger partial charge >= 0.3 is 0 Å². The molecular weight excluding hydrogens is 328 g/mol. The molecule has 0 bridgehead atoms. The van der Waals surface area contributed by atoms with Gasteiger partial charge in [0.25, 0.3) is 0 Å². The van der Waals surface area contributed by atoms with Crippen molar-refractivity contribution in [2.24, 2.45) is 0 Å². The Balaban J connectivity index is 2.07. The fraction of sp³-hybridized carbons (Fsp3) is 0.333. The van der Waals surface area contributed by atoms with Crippen molar-refractivity contribution < 1.29 is 14.3 Å². The van der Waals surface area contributed by atoms with E-state index in [2.05, 4.69) is 10.3 Å². The summed E-state index contributed by atoms with van der Waals surface area (Å²) in [5.41, 5.74) is 2.71. The lowest BCUT2D eigenvalue weighted by Gasteiger charge is -2.17. The van der Waals surface area contributed by atoms with Crippen molar-refractivity contribution in [1.29, 1.82) is 0 Å². The molecule has 2 rings (SSSR count). The first-order chi connectivity index (χ1) is 12.5. The molecule has 0 unspecified atom stereocenters. The summed E-state index contributed by atoms with van der Waals surface area (Å²) in [4.78, 5) is 16.2. The van der Waals surface area contributed by atoms with Crippen molar-refractivity contribution in [2.45, 2.75) is 39.8 Å². The minimum absolute atomic E-state index is 0.0590. The number of hydrogen-bond donors (Lipinski definition) is 1. The van der Waals surface area contributed by atoms with Crippen molar-refractivity contribution in [1.82, 2.24) is 10.3 Å². The molecular formula is C21H26N2O3. The van der Waals surface area contributed by atoms with E-state index in [9.17, 15) is 4.79 Å². The van der Waals surface area contributed by atoms with Crippen molar-refractivity contribution in [3.8, 4) is 11.5 Å². The van der Waals surface area contributed by atoms with Crippen LogP contribution < -0.4 is 14.8 Å². The zero-order valence-electron chi connectivity index (χ0n) is 15.8. The van der Waals surface area contributed by atoms with Gasteiger partial charge in [-0.3, -0.25) is 9.78 Å². The SMILES string of the molecule is CC/C=C(\C)C(=O)N[C@H](C)c1ccc(OCc2ccncc2)c(OC)c1. The number of rotatable bonds is 8. The maximum absolute atomic E-state index is 12.2. The number of benzene rings is 1. The Bertz CT molecular complexity index is 757. The van der Waals surface area contributed by atoms with Crippen molar-refractivity contribution in [3.63, 3.8) is 0 Å². The van der Waals surface area contributed by atoms with E-state index in [1.807, 2.05) is 57.2 Å². The number of nitrogens with zero attached hydrogens (tertiary/aromatic N) is 1. The second-order valence-corrected chi connectivity index (χ2v) is 6.04. The summed E-state index contributed by atoms with van der Waals surface area (Å²) < 4.78 is 11.3. The van der Waals surface area contributed by atoms with Crippen molar-refractivity contribution >= 4 is 5.91 Å². The lowest BCUT2D eigenvalue weighted by Crippen LogP contribution is -2.27. The highest BCUT2D eigenvalue weighted by molar-refractivity contribution is 5.93. The van der Waals surface area contributed by atoms with Gasteiger partial charge in [0.2, 0.25) is 5.91 Å².